The van der Waals surface area contributed by atoms with Crippen LogP contribution in [-0.2, 0) is 14.3 Å². The van der Waals surface area contributed by atoms with Gasteiger partial charge in [-0.05, 0) is 37.5 Å². The zero-order valence-corrected chi connectivity index (χ0v) is 11.8. The van der Waals surface area contributed by atoms with Crippen molar-refractivity contribution < 1.29 is 19.4 Å². The molecule has 112 valence electrons. The van der Waals surface area contributed by atoms with E-state index in [2.05, 4.69) is 0 Å². The maximum absolute atomic E-state index is 12.1. The molecule has 1 heterocycles. The summed E-state index contributed by atoms with van der Waals surface area (Å²) in [7, 11) is 0. The van der Waals surface area contributed by atoms with Gasteiger partial charge >= 0.3 is 5.97 Å². The number of piperidine rings is 1. The van der Waals surface area contributed by atoms with Gasteiger partial charge in [0.2, 0.25) is 5.91 Å². The Morgan fingerprint density at radius 1 is 1.20 bits per heavy atom. The minimum Gasteiger partial charge on any atom is -0.481 e. The van der Waals surface area contributed by atoms with Crippen LogP contribution in [0.3, 0.4) is 0 Å². The lowest BCUT2D eigenvalue weighted by atomic mass is 9.91. The average Bonchev–Trinajstić information content (AvgIpc) is 2.90. The van der Waals surface area contributed by atoms with Crippen molar-refractivity contribution in [3.63, 3.8) is 0 Å². The number of aliphatic carboxylic acids is 1. The summed E-state index contributed by atoms with van der Waals surface area (Å²) >= 11 is 0. The molecule has 1 saturated heterocycles. The molecule has 0 aromatic carbocycles. The number of hydrogen-bond acceptors (Lipinski definition) is 3. The molecule has 1 amide bonds. The maximum atomic E-state index is 12.1. The van der Waals surface area contributed by atoms with Crippen molar-refractivity contribution >= 4 is 11.9 Å². The first-order valence-corrected chi connectivity index (χ1v) is 7.73. The van der Waals surface area contributed by atoms with E-state index in [1.54, 1.807) is 0 Å². The number of hydrogen-bond donors (Lipinski definition) is 1. The fourth-order valence-electron chi connectivity index (χ4n) is 3.79. The molecule has 5 nitrogen and oxygen atoms in total. The third-order valence-corrected chi connectivity index (χ3v) is 5.34. The van der Waals surface area contributed by atoms with Crippen LogP contribution in [0.5, 0.6) is 0 Å². The number of rotatable bonds is 4. The van der Waals surface area contributed by atoms with Gasteiger partial charge in [-0.1, -0.05) is 12.8 Å². The van der Waals surface area contributed by atoms with E-state index in [4.69, 9.17) is 9.84 Å². The number of nitrogens with zero attached hydrogens (tertiary/aromatic N) is 1. The predicted molar refractivity (Wildman–Crippen MR) is 72.2 cm³/mol. The van der Waals surface area contributed by atoms with Gasteiger partial charge in [-0.25, -0.2) is 0 Å². The zero-order chi connectivity index (χ0) is 14.2. The van der Waals surface area contributed by atoms with Crippen molar-refractivity contribution in [2.45, 2.75) is 51.0 Å². The molecule has 1 unspecified atom stereocenters. The monoisotopic (exact) mass is 281 g/mol. The summed E-state index contributed by atoms with van der Waals surface area (Å²) in [5.74, 6) is -0.775. The van der Waals surface area contributed by atoms with Crippen LogP contribution in [0.15, 0.2) is 0 Å². The van der Waals surface area contributed by atoms with Crippen LogP contribution < -0.4 is 0 Å². The topological polar surface area (TPSA) is 66.8 Å². The van der Waals surface area contributed by atoms with Crippen molar-refractivity contribution in [2.24, 2.45) is 11.3 Å². The van der Waals surface area contributed by atoms with E-state index in [9.17, 15) is 9.59 Å². The lowest BCUT2D eigenvalue weighted by Crippen LogP contribution is -2.42. The van der Waals surface area contributed by atoms with Crippen molar-refractivity contribution in [2.75, 3.05) is 19.7 Å². The second kappa shape index (κ2) is 5.35. The lowest BCUT2D eigenvalue weighted by molar-refractivity contribution is -0.141. The summed E-state index contributed by atoms with van der Waals surface area (Å²) < 4.78 is 5.66. The first-order chi connectivity index (χ1) is 9.61. The van der Waals surface area contributed by atoms with Gasteiger partial charge in [-0.2, -0.15) is 0 Å². The number of likely N-dealkylation sites (tertiary alicyclic amines) is 1. The minimum atomic E-state index is -0.672. The summed E-state index contributed by atoms with van der Waals surface area (Å²) in [6.45, 7) is 1.58. The van der Waals surface area contributed by atoms with Gasteiger partial charge in [0, 0.05) is 13.1 Å². The Morgan fingerprint density at radius 3 is 2.40 bits per heavy atom. The number of amides is 1. The van der Waals surface area contributed by atoms with E-state index < -0.39 is 5.97 Å². The molecule has 1 spiro atoms. The van der Waals surface area contributed by atoms with Gasteiger partial charge in [0.05, 0.1) is 12.0 Å². The SMILES string of the molecule is O=C(O)C1CC12CCN(C(=O)COC1CCCC1)CC2. The Bertz CT molecular complexity index is 395. The standard InChI is InChI=1S/C15H23NO4/c17-13(10-20-11-3-1-2-4-11)16-7-5-15(6-8-16)9-12(15)14(18)19/h11-12H,1-10H2,(H,18,19). The molecule has 0 aromatic heterocycles. The average molecular weight is 281 g/mol. The normalized spacial score (nSPS) is 28.8. The van der Waals surface area contributed by atoms with Crippen molar-refractivity contribution in [1.82, 2.24) is 4.90 Å². The van der Waals surface area contributed by atoms with Crippen LogP contribution in [0.25, 0.3) is 0 Å². The first-order valence-electron chi connectivity index (χ1n) is 7.73. The third-order valence-electron chi connectivity index (χ3n) is 5.34. The molecule has 3 fully saturated rings. The molecule has 2 saturated carbocycles. The van der Waals surface area contributed by atoms with Gasteiger partial charge in [-0.3, -0.25) is 9.59 Å². The Morgan fingerprint density at radius 2 is 1.85 bits per heavy atom. The Balaban J connectivity index is 1.41. The summed E-state index contributed by atoms with van der Waals surface area (Å²) in [4.78, 5) is 24.9. The first kappa shape index (κ1) is 13.9. The molecule has 3 rings (SSSR count). The van der Waals surface area contributed by atoms with E-state index in [1.807, 2.05) is 4.90 Å². The summed E-state index contributed by atoms with van der Waals surface area (Å²) in [6, 6.07) is 0. The van der Waals surface area contributed by atoms with Gasteiger partial charge in [-0.15, -0.1) is 0 Å². The summed E-state index contributed by atoms with van der Waals surface area (Å²) in [6.07, 6.45) is 7.31. The minimum absolute atomic E-state index is 0.00504. The fraction of sp³-hybridized carbons (Fsp3) is 0.867. The molecule has 3 aliphatic rings. The number of carbonyl (C=O) groups is 2. The van der Waals surface area contributed by atoms with Crippen LogP contribution in [0.4, 0.5) is 0 Å². The van der Waals surface area contributed by atoms with Crippen LogP contribution >= 0.6 is 0 Å². The number of carboxylic acid groups (broad SMARTS) is 1. The molecule has 2 aliphatic carbocycles. The van der Waals surface area contributed by atoms with E-state index in [-0.39, 0.29) is 30.0 Å². The highest BCUT2D eigenvalue weighted by Gasteiger charge is 2.59. The number of ether oxygens (including phenoxy) is 1. The van der Waals surface area contributed by atoms with Gasteiger partial charge < -0.3 is 14.7 Å². The fourth-order valence-corrected chi connectivity index (χ4v) is 3.79. The van der Waals surface area contributed by atoms with Gasteiger partial charge in [0.25, 0.3) is 0 Å². The van der Waals surface area contributed by atoms with Gasteiger partial charge in [0.1, 0.15) is 6.61 Å². The Labute approximate surface area is 119 Å². The highest BCUT2D eigenvalue weighted by Crippen LogP contribution is 2.59. The maximum Gasteiger partial charge on any atom is 0.307 e. The molecular formula is C15H23NO4. The quantitative estimate of drug-likeness (QED) is 0.851. The molecule has 1 N–H and O–H groups in total. The van der Waals surface area contributed by atoms with Crippen molar-refractivity contribution in [3.05, 3.63) is 0 Å². The van der Waals surface area contributed by atoms with E-state index >= 15 is 0 Å². The molecule has 0 radical (unpaired) electrons. The Kier molecular flexibility index (Phi) is 3.71. The molecule has 1 aliphatic heterocycles. The van der Waals surface area contributed by atoms with Crippen LogP contribution in [-0.4, -0.2) is 47.7 Å². The van der Waals surface area contributed by atoms with Crippen molar-refractivity contribution in [1.29, 1.82) is 0 Å². The lowest BCUT2D eigenvalue weighted by Gasteiger charge is -2.32. The van der Waals surface area contributed by atoms with Crippen molar-refractivity contribution in [3.8, 4) is 0 Å². The second-order valence-corrected chi connectivity index (χ2v) is 6.56. The molecule has 0 bridgehead atoms. The van der Waals surface area contributed by atoms with E-state index in [1.165, 1.54) is 12.8 Å². The molecule has 0 aromatic rings. The number of carboxylic acids is 1. The smallest absolute Gasteiger partial charge is 0.307 e. The molecule has 5 heteroatoms. The largest absolute Gasteiger partial charge is 0.481 e. The number of carbonyl (C=O) groups excluding carboxylic acids is 1. The Hall–Kier alpha value is -1.10. The van der Waals surface area contributed by atoms with Gasteiger partial charge in [0.15, 0.2) is 0 Å². The van der Waals surface area contributed by atoms with E-state index in [0.717, 1.165) is 32.1 Å². The van der Waals surface area contributed by atoms with E-state index in [0.29, 0.717) is 13.1 Å². The molecule has 1 atom stereocenters. The third kappa shape index (κ3) is 2.68. The van der Waals surface area contributed by atoms with Crippen LogP contribution in [0, 0.1) is 11.3 Å². The molecule has 20 heavy (non-hydrogen) atoms. The highest BCUT2D eigenvalue weighted by atomic mass is 16.5. The highest BCUT2D eigenvalue weighted by molar-refractivity contribution is 5.78. The zero-order valence-electron chi connectivity index (χ0n) is 11.8. The molecular weight excluding hydrogens is 258 g/mol. The predicted octanol–water partition coefficient (Wildman–Crippen LogP) is 1.66. The summed E-state index contributed by atoms with van der Waals surface area (Å²) in [5, 5.41) is 9.05. The second-order valence-electron chi connectivity index (χ2n) is 6.56. The summed E-state index contributed by atoms with van der Waals surface area (Å²) in [5.41, 5.74) is -0.00504. The van der Waals surface area contributed by atoms with Crippen LogP contribution in [0.1, 0.15) is 44.9 Å². The van der Waals surface area contributed by atoms with Crippen LogP contribution in [0.2, 0.25) is 0 Å².